The van der Waals surface area contributed by atoms with Crippen molar-refractivity contribution in [2.24, 2.45) is 5.73 Å². The van der Waals surface area contributed by atoms with E-state index in [2.05, 4.69) is 17.1 Å². The zero-order chi connectivity index (χ0) is 15.3. The van der Waals surface area contributed by atoms with Gasteiger partial charge in [0.05, 0.1) is 7.11 Å². The number of methoxy groups -OCH3 is 1. The molecular formula is C16H25N3O2. The molecule has 21 heavy (non-hydrogen) atoms. The smallest absolute Gasteiger partial charge is 0.243 e. The summed E-state index contributed by atoms with van der Waals surface area (Å²) < 4.78 is 5.15. The zero-order valence-corrected chi connectivity index (χ0v) is 12.9. The number of amides is 1. The molecule has 1 aliphatic rings. The molecule has 0 unspecified atom stereocenters. The molecule has 3 N–H and O–H groups in total. The summed E-state index contributed by atoms with van der Waals surface area (Å²) in [5, 5.41) is 3.35. The second-order valence-corrected chi connectivity index (χ2v) is 5.64. The molecule has 1 amide bonds. The lowest BCUT2D eigenvalue weighted by atomic mass is 9.86. The van der Waals surface area contributed by atoms with Crippen molar-refractivity contribution in [3.8, 4) is 5.75 Å². The van der Waals surface area contributed by atoms with E-state index in [1.165, 1.54) is 0 Å². The Labute approximate surface area is 126 Å². The lowest BCUT2D eigenvalue weighted by molar-refractivity contribution is -0.123. The first-order valence-electron chi connectivity index (χ1n) is 7.54. The number of rotatable bonds is 6. The number of primary amides is 1. The maximum absolute atomic E-state index is 12.0. The molecule has 1 aromatic rings. The number of piperidine rings is 1. The van der Waals surface area contributed by atoms with Crippen molar-refractivity contribution in [3.05, 3.63) is 24.3 Å². The number of nitrogens with zero attached hydrogens (tertiary/aromatic N) is 1. The predicted octanol–water partition coefficient (Wildman–Crippen LogP) is 1.84. The SMILES string of the molecule is CCCN1CCC(Nc2ccc(OC)cc2)(C(N)=O)CC1. The number of carbonyl (C=O) groups is 1. The fraction of sp³-hybridized carbons (Fsp3) is 0.562. The van der Waals surface area contributed by atoms with Gasteiger partial charge in [0.15, 0.2) is 0 Å². The molecule has 116 valence electrons. The van der Waals surface area contributed by atoms with E-state index in [1.807, 2.05) is 24.3 Å². The van der Waals surface area contributed by atoms with E-state index in [0.717, 1.165) is 50.3 Å². The van der Waals surface area contributed by atoms with Gasteiger partial charge in [-0.3, -0.25) is 4.79 Å². The van der Waals surface area contributed by atoms with E-state index in [9.17, 15) is 4.79 Å². The molecule has 1 aliphatic heterocycles. The standard InChI is InChI=1S/C16H25N3O2/c1-3-10-19-11-8-16(9-12-19,15(17)20)18-13-4-6-14(21-2)7-5-13/h4-7,18H,3,8-12H2,1-2H3,(H2,17,20). The summed E-state index contributed by atoms with van der Waals surface area (Å²) in [7, 11) is 1.64. The summed E-state index contributed by atoms with van der Waals surface area (Å²) in [4.78, 5) is 14.4. The first kappa shape index (κ1) is 15.6. The molecule has 5 nitrogen and oxygen atoms in total. The van der Waals surface area contributed by atoms with Gasteiger partial charge >= 0.3 is 0 Å². The number of hydrogen-bond donors (Lipinski definition) is 2. The maximum atomic E-state index is 12.0. The van der Waals surface area contributed by atoms with Crippen molar-refractivity contribution >= 4 is 11.6 Å². The number of carbonyl (C=O) groups excluding carboxylic acids is 1. The Balaban J connectivity index is 2.07. The van der Waals surface area contributed by atoms with E-state index < -0.39 is 5.54 Å². The van der Waals surface area contributed by atoms with Crippen LogP contribution in [0.1, 0.15) is 26.2 Å². The molecule has 2 rings (SSSR count). The average molecular weight is 291 g/mol. The number of likely N-dealkylation sites (tertiary alicyclic amines) is 1. The number of nitrogens with one attached hydrogen (secondary N) is 1. The molecule has 0 atom stereocenters. The van der Waals surface area contributed by atoms with Gasteiger partial charge in [0.1, 0.15) is 11.3 Å². The quantitative estimate of drug-likeness (QED) is 0.839. The number of benzene rings is 1. The minimum Gasteiger partial charge on any atom is -0.497 e. The fourth-order valence-corrected chi connectivity index (χ4v) is 2.86. The highest BCUT2D eigenvalue weighted by Crippen LogP contribution is 2.28. The molecule has 0 aromatic heterocycles. The van der Waals surface area contributed by atoms with Crippen LogP contribution in [0.4, 0.5) is 5.69 Å². The molecule has 0 spiro atoms. The largest absolute Gasteiger partial charge is 0.497 e. The van der Waals surface area contributed by atoms with Crippen LogP contribution < -0.4 is 15.8 Å². The minimum atomic E-state index is -0.640. The third kappa shape index (κ3) is 3.67. The van der Waals surface area contributed by atoms with Gasteiger partial charge in [-0.05, 0) is 50.1 Å². The first-order chi connectivity index (χ1) is 10.1. The van der Waals surface area contributed by atoms with Crippen LogP contribution in [0.5, 0.6) is 5.75 Å². The third-order valence-electron chi connectivity index (χ3n) is 4.19. The van der Waals surface area contributed by atoms with Crippen molar-refractivity contribution in [2.75, 3.05) is 32.1 Å². The van der Waals surface area contributed by atoms with Crippen LogP contribution in [0.3, 0.4) is 0 Å². The Morgan fingerprint density at radius 1 is 1.33 bits per heavy atom. The minimum absolute atomic E-state index is 0.269. The number of ether oxygens (including phenoxy) is 1. The molecule has 0 saturated carbocycles. The van der Waals surface area contributed by atoms with Crippen LogP contribution in [0.25, 0.3) is 0 Å². The lowest BCUT2D eigenvalue weighted by Gasteiger charge is -2.40. The summed E-state index contributed by atoms with van der Waals surface area (Å²) in [6.45, 7) is 5.06. The molecular weight excluding hydrogens is 266 g/mol. The molecule has 0 aliphatic carbocycles. The number of hydrogen-bond acceptors (Lipinski definition) is 4. The molecule has 1 aromatic carbocycles. The summed E-state index contributed by atoms with van der Waals surface area (Å²) in [5.41, 5.74) is 5.94. The molecule has 1 heterocycles. The van der Waals surface area contributed by atoms with E-state index in [0.29, 0.717) is 0 Å². The normalized spacial score (nSPS) is 18.2. The zero-order valence-electron chi connectivity index (χ0n) is 12.9. The van der Waals surface area contributed by atoms with E-state index >= 15 is 0 Å². The Morgan fingerprint density at radius 2 is 1.95 bits per heavy atom. The summed E-state index contributed by atoms with van der Waals surface area (Å²) in [5.74, 6) is 0.529. The average Bonchev–Trinajstić information content (AvgIpc) is 2.50. The van der Waals surface area contributed by atoms with Crippen LogP contribution in [0.15, 0.2) is 24.3 Å². The molecule has 0 bridgehead atoms. The Hall–Kier alpha value is -1.75. The van der Waals surface area contributed by atoms with Crippen molar-refractivity contribution < 1.29 is 9.53 Å². The van der Waals surface area contributed by atoms with E-state index in [-0.39, 0.29) is 5.91 Å². The summed E-state index contributed by atoms with van der Waals surface area (Å²) >= 11 is 0. The van der Waals surface area contributed by atoms with E-state index in [4.69, 9.17) is 10.5 Å². The molecule has 1 fully saturated rings. The predicted molar refractivity (Wildman–Crippen MR) is 84.5 cm³/mol. The second-order valence-electron chi connectivity index (χ2n) is 5.64. The van der Waals surface area contributed by atoms with Gasteiger partial charge in [0.25, 0.3) is 0 Å². The van der Waals surface area contributed by atoms with Gasteiger partial charge in [0.2, 0.25) is 5.91 Å². The van der Waals surface area contributed by atoms with Crippen molar-refractivity contribution in [1.29, 1.82) is 0 Å². The van der Waals surface area contributed by atoms with Gasteiger partial charge in [0, 0.05) is 18.8 Å². The maximum Gasteiger partial charge on any atom is 0.243 e. The summed E-state index contributed by atoms with van der Waals surface area (Å²) in [6.07, 6.45) is 2.62. The highest BCUT2D eigenvalue weighted by atomic mass is 16.5. The first-order valence-corrected chi connectivity index (χ1v) is 7.54. The third-order valence-corrected chi connectivity index (χ3v) is 4.19. The lowest BCUT2D eigenvalue weighted by Crippen LogP contribution is -2.57. The molecule has 0 radical (unpaired) electrons. The Bertz CT molecular complexity index is 465. The molecule has 5 heteroatoms. The highest BCUT2D eigenvalue weighted by Gasteiger charge is 2.39. The fourth-order valence-electron chi connectivity index (χ4n) is 2.86. The number of nitrogens with two attached hydrogens (primary N) is 1. The van der Waals surface area contributed by atoms with Crippen molar-refractivity contribution in [2.45, 2.75) is 31.7 Å². The van der Waals surface area contributed by atoms with Gasteiger partial charge in [-0.1, -0.05) is 6.92 Å². The number of anilines is 1. The Kier molecular flexibility index (Phi) is 5.07. The van der Waals surface area contributed by atoms with Crippen LogP contribution in [-0.2, 0) is 4.79 Å². The van der Waals surface area contributed by atoms with Gasteiger partial charge in [-0.25, -0.2) is 0 Å². The van der Waals surface area contributed by atoms with Crippen LogP contribution in [0, 0.1) is 0 Å². The van der Waals surface area contributed by atoms with Gasteiger partial charge in [-0.15, -0.1) is 0 Å². The second kappa shape index (κ2) is 6.80. The van der Waals surface area contributed by atoms with Crippen molar-refractivity contribution in [1.82, 2.24) is 4.90 Å². The molecule has 1 saturated heterocycles. The van der Waals surface area contributed by atoms with Crippen molar-refractivity contribution in [3.63, 3.8) is 0 Å². The highest BCUT2D eigenvalue weighted by molar-refractivity contribution is 5.88. The van der Waals surface area contributed by atoms with Crippen LogP contribution in [0.2, 0.25) is 0 Å². The van der Waals surface area contributed by atoms with Gasteiger partial charge < -0.3 is 20.7 Å². The van der Waals surface area contributed by atoms with Gasteiger partial charge in [-0.2, -0.15) is 0 Å². The van der Waals surface area contributed by atoms with Crippen LogP contribution in [-0.4, -0.2) is 43.1 Å². The van der Waals surface area contributed by atoms with Crippen LogP contribution >= 0.6 is 0 Å². The monoisotopic (exact) mass is 291 g/mol. The Morgan fingerprint density at radius 3 is 2.43 bits per heavy atom. The summed E-state index contributed by atoms with van der Waals surface area (Å²) in [6, 6.07) is 7.59. The van der Waals surface area contributed by atoms with E-state index in [1.54, 1.807) is 7.11 Å². The topological polar surface area (TPSA) is 67.6 Å².